The van der Waals surface area contributed by atoms with Crippen LogP contribution in [0, 0.1) is 0 Å². The lowest BCUT2D eigenvalue weighted by molar-refractivity contribution is 0.0730. The van der Waals surface area contributed by atoms with Gasteiger partial charge in [-0.05, 0) is 30.3 Å². The summed E-state index contributed by atoms with van der Waals surface area (Å²) in [7, 11) is -3.56. The number of hydrogen-bond donors (Lipinski definition) is 1. The lowest BCUT2D eigenvalue weighted by atomic mass is 10.2. The van der Waals surface area contributed by atoms with Crippen LogP contribution in [0.1, 0.15) is 10.4 Å². The third kappa shape index (κ3) is 3.42. The molecule has 1 fully saturated rings. The first-order chi connectivity index (χ1) is 13.1. The summed E-state index contributed by atoms with van der Waals surface area (Å²) in [5, 5.41) is 6.81. The van der Waals surface area contributed by atoms with Crippen LogP contribution in [-0.2, 0) is 14.8 Å². The van der Waals surface area contributed by atoms with Crippen LogP contribution >= 0.6 is 0 Å². The minimum absolute atomic E-state index is 0.181. The number of morpholine rings is 1. The van der Waals surface area contributed by atoms with Crippen molar-refractivity contribution in [3.8, 4) is 0 Å². The van der Waals surface area contributed by atoms with Gasteiger partial charge < -0.3 is 10.1 Å². The van der Waals surface area contributed by atoms with Crippen LogP contribution in [-0.4, -0.2) is 59.5 Å². The number of amides is 1. The van der Waals surface area contributed by atoms with Gasteiger partial charge in [0.15, 0.2) is 5.65 Å². The van der Waals surface area contributed by atoms with Gasteiger partial charge in [-0.1, -0.05) is 0 Å². The van der Waals surface area contributed by atoms with Crippen LogP contribution in [0.25, 0.3) is 5.65 Å². The number of aromatic nitrogens is 3. The van der Waals surface area contributed by atoms with Crippen molar-refractivity contribution in [3.63, 3.8) is 0 Å². The van der Waals surface area contributed by atoms with Crippen LogP contribution < -0.4 is 5.32 Å². The fourth-order valence-electron chi connectivity index (χ4n) is 2.83. The summed E-state index contributed by atoms with van der Waals surface area (Å²) in [5.41, 5.74) is 1.26. The van der Waals surface area contributed by atoms with E-state index in [-0.39, 0.29) is 10.8 Å². The summed E-state index contributed by atoms with van der Waals surface area (Å²) >= 11 is 0. The van der Waals surface area contributed by atoms with Gasteiger partial charge in [0.05, 0.1) is 24.3 Å². The molecule has 0 radical (unpaired) electrons. The maximum absolute atomic E-state index is 12.6. The molecule has 0 unspecified atom stereocenters. The molecule has 1 aliphatic heterocycles. The molecule has 140 valence electrons. The van der Waals surface area contributed by atoms with Gasteiger partial charge in [0.2, 0.25) is 10.0 Å². The van der Waals surface area contributed by atoms with Crippen LogP contribution in [0.3, 0.4) is 0 Å². The second kappa shape index (κ2) is 7.06. The Morgan fingerprint density at radius 1 is 1.15 bits per heavy atom. The first-order valence-corrected chi connectivity index (χ1v) is 9.77. The molecule has 0 bridgehead atoms. The molecular weight excluding hydrogens is 370 g/mol. The Hall–Kier alpha value is -2.82. The number of rotatable bonds is 4. The summed E-state index contributed by atoms with van der Waals surface area (Å²) in [6.07, 6.45) is 4.72. The monoisotopic (exact) mass is 387 g/mol. The molecule has 10 heteroatoms. The maximum atomic E-state index is 12.6. The summed E-state index contributed by atoms with van der Waals surface area (Å²) < 4.78 is 33.3. The van der Waals surface area contributed by atoms with E-state index >= 15 is 0 Å². The first-order valence-electron chi connectivity index (χ1n) is 8.33. The molecule has 4 rings (SSSR count). The predicted octanol–water partition coefficient (Wildman–Crippen LogP) is 1.00. The second-order valence-electron chi connectivity index (χ2n) is 5.94. The van der Waals surface area contributed by atoms with Crippen molar-refractivity contribution in [2.75, 3.05) is 31.6 Å². The molecule has 2 aromatic heterocycles. The van der Waals surface area contributed by atoms with Crippen molar-refractivity contribution in [2.45, 2.75) is 4.90 Å². The molecule has 1 N–H and O–H groups in total. The van der Waals surface area contributed by atoms with Crippen molar-refractivity contribution in [1.29, 1.82) is 0 Å². The molecule has 3 aromatic rings. The van der Waals surface area contributed by atoms with Gasteiger partial charge >= 0.3 is 0 Å². The van der Waals surface area contributed by atoms with E-state index < -0.39 is 10.0 Å². The zero-order valence-corrected chi connectivity index (χ0v) is 15.1. The van der Waals surface area contributed by atoms with Crippen molar-refractivity contribution in [3.05, 3.63) is 54.5 Å². The molecular formula is C17H17N5O4S. The van der Waals surface area contributed by atoms with E-state index in [1.54, 1.807) is 30.6 Å². The number of hydrogen-bond acceptors (Lipinski definition) is 6. The van der Waals surface area contributed by atoms with Crippen LogP contribution in [0.5, 0.6) is 0 Å². The van der Waals surface area contributed by atoms with Crippen LogP contribution in [0.4, 0.5) is 5.69 Å². The molecule has 0 aliphatic carbocycles. The number of carbonyl (C=O) groups is 1. The highest BCUT2D eigenvalue weighted by Gasteiger charge is 2.26. The lowest BCUT2D eigenvalue weighted by Gasteiger charge is -2.26. The van der Waals surface area contributed by atoms with E-state index in [4.69, 9.17) is 4.74 Å². The summed E-state index contributed by atoms with van der Waals surface area (Å²) in [5.74, 6) is -0.368. The highest BCUT2D eigenvalue weighted by molar-refractivity contribution is 7.89. The Kier molecular flexibility index (Phi) is 4.60. The molecule has 1 amide bonds. The zero-order chi connectivity index (χ0) is 18.9. The normalized spacial score (nSPS) is 15.7. The SMILES string of the molecule is O=C(Nc1ccc(S(=O)(=O)N2CCOCC2)cc1)c1cnn2cccnc12. The highest BCUT2D eigenvalue weighted by atomic mass is 32.2. The van der Waals surface area contributed by atoms with Gasteiger partial charge in [-0.15, -0.1) is 0 Å². The Labute approximate surface area is 155 Å². The minimum Gasteiger partial charge on any atom is -0.379 e. The van der Waals surface area contributed by atoms with Gasteiger partial charge in [0, 0.05) is 31.2 Å². The Balaban J connectivity index is 1.51. The molecule has 0 saturated carbocycles. The Morgan fingerprint density at radius 2 is 1.89 bits per heavy atom. The predicted molar refractivity (Wildman–Crippen MR) is 97.0 cm³/mol. The molecule has 0 atom stereocenters. The summed E-state index contributed by atoms with van der Waals surface area (Å²) in [6, 6.07) is 7.80. The molecule has 9 nitrogen and oxygen atoms in total. The fourth-order valence-corrected chi connectivity index (χ4v) is 4.24. The van der Waals surface area contributed by atoms with Crippen molar-refractivity contribution >= 4 is 27.3 Å². The van der Waals surface area contributed by atoms with E-state index in [0.717, 1.165) is 0 Å². The quantitative estimate of drug-likeness (QED) is 0.716. The largest absolute Gasteiger partial charge is 0.379 e. The summed E-state index contributed by atoms with van der Waals surface area (Å²) in [4.78, 5) is 16.8. The van der Waals surface area contributed by atoms with Crippen molar-refractivity contribution in [2.24, 2.45) is 0 Å². The number of nitrogens with zero attached hydrogens (tertiary/aromatic N) is 4. The smallest absolute Gasteiger partial charge is 0.261 e. The van der Waals surface area contributed by atoms with E-state index in [1.807, 2.05) is 0 Å². The minimum atomic E-state index is -3.56. The maximum Gasteiger partial charge on any atom is 0.261 e. The number of fused-ring (bicyclic) bond motifs is 1. The first kappa shape index (κ1) is 17.6. The van der Waals surface area contributed by atoms with Crippen molar-refractivity contribution in [1.82, 2.24) is 18.9 Å². The van der Waals surface area contributed by atoms with E-state index in [9.17, 15) is 13.2 Å². The van der Waals surface area contributed by atoms with Gasteiger partial charge in [0.25, 0.3) is 5.91 Å². The molecule has 1 aromatic carbocycles. The molecule has 27 heavy (non-hydrogen) atoms. The average molecular weight is 387 g/mol. The van der Waals surface area contributed by atoms with Gasteiger partial charge in [-0.3, -0.25) is 4.79 Å². The lowest BCUT2D eigenvalue weighted by Crippen LogP contribution is -2.40. The molecule has 1 saturated heterocycles. The fraction of sp³-hybridized carbons (Fsp3) is 0.235. The van der Waals surface area contributed by atoms with Crippen LogP contribution in [0.2, 0.25) is 0 Å². The number of nitrogens with one attached hydrogen (secondary N) is 1. The zero-order valence-electron chi connectivity index (χ0n) is 14.3. The Morgan fingerprint density at radius 3 is 2.63 bits per heavy atom. The third-order valence-corrected chi connectivity index (χ3v) is 6.16. The number of benzene rings is 1. The van der Waals surface area contributed by atoms with Gasteiger partial charge in [-0.2, -0.15) is 9.40 Å². The molecule has 1 aliphatic rings. The molecule has 0 spiro atoms. The average Bonchev–Trinajstić information content (AvgIpc) is 3.13. The third-order valence-electron chi connectivity index (χ3n) is 4.24. The van der Waals surface area contributed by atoms with Crippen LogP contribution in [0.15, 0.2) is 53.8 Å². The van der Waals surface area contributed by atoms with Gasteiger partial charge in [0.1, 0.15) is 5.56 Å². The Bertz CT molecular complexity index is 1070. The van der Waals surface area contributed by atoms with E-state index in [0.29, 0.717) is 43.2 Å². The standard InChI is InChI=1S/C17H17N5O4S/c23-17(15-12-19-22-7-1-6-18-16(15)22)20-13-2-4-14(5-3-13)27(24,25)21-8-10-26-11-9-21/h1-7,12H,8-11H2,(H,20,23). The van der Waals surface area contributed by atoms with Crippen molar-refractivity contribution < 1.29 is 17.9 Å². The number of ether oxygens (including phenoxy) is 1. The highest BCUT2D eigenvalue weighted by Crippen LogP contribution is 2.20. The van der Waals surface area contributed by atoms with E-state index in [2.05, 4.69) is 15.4 Å². The number of anilines is 1. The number of sulfonamides is 1. The summed E-state index contributed by atoms with van der Waals surface area (Å²) in [6.45, 7) is 1.45. The number of carbonyl (C=O) groups excluding carboxylic acids is 1. The molecule has 3 heterocycles. The topological polar surface area (TPSA) is 106 Å². The van der Waals surface area contributed by atoms with E-state index in [1.165, 1.54) is 27.2 Å². The second-order valence-corrected chi connectivity index (χ2v) is 7.88. The van der Waals surface area contributed by atoms with Gasteiger partial charge in [-0.25, -0.2) is 17.9 Å².